The molecule has 0 fully saturated rings. The molecule has 10 aromatic rings. The maximum atomic E-state index is 5.34. The summed E-state index contributed by atoms with van der Waals surface area (Å²) >= 11 is 0. The van der Waals surface area contributed by atoms with E-state index in [0.717, 1.165) is 52.1 Å². The number of benzene rings is 9. The van der Waals surface area contributed by atoms with Crippen LogP contribution in [0, 0.1) is 0 Å². The van der Waals surface area contributed by atoms with Crippen LogP contribution in [0.2, 0.25) is 0 Å². The third kappa shape index (κ3) is 6.17. The van der Waals surface area contributed by atoms with Crippen molar-refractivity contribution in [1.29, 1.82) is 0 Å². The van der Waals surface area contributed by atoms with Crippen LogP contribution in [0.15, 0.2) is 236 Å². The summed E-state index contributed by atoms with van der Waals surface area (Å²) in [5.41, 5.74) is 22.7. The van der Waals surface area contributed by atoms with Crippen molar-refractivity contribution in [3.8, 4) is 67.3 Å². The number of hydrogen-bond donors (Lipinski definition) is 0. The lowest BCUT2D eigenvalue weighted by Crippen LogP contribution is -2.28. The first-order valence-electron chi connectivity index (χ1n) is 24.0. The highest BCUT2D eigenvalue weighted by atomic mass is 14.9. The molecule has 0 amide bonds. The Morgan fingerprint density at radius 2 is 0.941 bits per heavy atom. The van der Waals surface area contributed by atoms with Crippen LogP contribution < -0.4 is 0 Å². The third-order valence-corrected chi connectivity index (χ3v) is 15.1. The monoisotopic (exact) mass is 868 g/mol. The summed E-state index contributed by atoms with van der Waals surface area (Å²) in [6, 6.07) is 80.2. The normalized spacial score (nSPS) is 14.9. The summed E-state index contributed by atoms with van der Waals surface area (Å²) in [5.74, 6) is 0.722. The Labute approximate surface area is 398 Å². The molecule has 0 radical (unpaired) electrons. The first-order valence-corrected chi connectivity index (χ1v) is 24.0. The van der Waals surface area contributed by atoms with Gasteiger partial charge in [0.15, 0.2) is 5.82 Å². The highest BCUT2D eigenvalue weighted by Crippen LogP contribution is 2.57. The highest BCUT2D eigenvalue weighted by Gasteiger charge is 2.46. The second kappa shape index (κ2) is 15.7. The zero-order valence-corrected chi connectivity index (χ0v) is 38.2. The van der Waals surface area contributed by atoms with E-state index in [0.29, 0.717) is 0 Å². The van der Waals surface area contributed by atoms with Crippen LogP contribution in [0.25, 0.3) is 83.6 Å². The predicted molar refractivity (Wildman–Crippen MR) is 282 cm³/mol. The van der Waals surface area contributed by atoms with E-state index in [1.165, 1.54) is 77.7 Å². The molecular formula is C66H48N2. The molecule has 1 aromatic heterocycles. The number of aromatic nitrogens is 2. The Kier molecular flexibility index (Phi) is 9.27. The summed E-state index contributed by atoms with van der Waals surface area (Å²) in [7, 11) is 0. The van der Waals surface area contributed by atoms with Gasteiger partial charge in [0.2, 0.25) is 0 Å². The fourth-order valence-corrected chi connectivity index (χ4v) is 11.9. The first kappa shape index (κ1) is 40.1. The van der Waals surface area contributed by atoms with E-state index in [-0.39, 0.29) is 5.41 Å². The van der Waals surface area contributed by atoms with Crippen molar-refractivity contribution in [2.45, 2.75) is 37.5 Å². The van der Waals surface area contributed by atoms with Gasteiger partial charge in [-0.25, -0.2) is 9.97 Å². The lowest BCUT2D eigenvalue weighted by Gasteiger charge is -2.34. The molecule has 68 heavy (non-hydrogen) atoms. The first-order chi connectivity index (χ1) is 33.5. The Hall–Kier alpha value is -8.20. The van der Waals surface area contributed by atoms with Crippen molar-refractivity contribution in [3.63, 3.8) is 0 Å². The number of allylic oxidation sites excluding steroid dienone is 4. The Bertz CT molecular complexity index is 3650. The highest BCUT2D eigenvalue weighted by molar-refractivity contribution is 6.05. The van der Waals surface area contributed by atoms with Gasteiger partial charge in [0.25, 0.3) is 0 Å². The van der Waals surface area contributed by atoms with E-state index in [2.05, 4.69) is 238 Å². The van der Waals surface area contributed by atoms with Crippen LogP contribution in [0.5, 0.6) is 0 Å². The Balaban J connectivity index is 0.928. The average molecular weight is 869 g/mol. The molecule has 0 saturated heterocycles. The van der Waals surface area contributed by atoms with Crippen molar-refractivity contribution >= 4 is 16.3 Å². The minimum atomic E-state index is -0.458. The van der Waals surface area contributed by atoms with E-state index < -0.39 is 5.41 Å². The Morgan fingerprint density at radius 1 is 0.382 bits per heavy atom. The van der Waals surface area contributed by atoms with E-state index >= 15 is 0 Å². The van der Waals surface area contributed by atoms with Crippen molar-refractivity contribution in [2.75, 3.05) is 0 Å². The molecule has 2 nitrogen and oxygen atoms in total. The van der Waals surface area contributed by atoms with Gasteiger partial charge in [-0.15, -0.1) is 0 Å². The standard InChI is InChI=1S/C66H48N2/c1-65(2)58-31-16-14-29-53(58)55-36-34-47(41-60(55)65)62-42-63(68-64(67-62)43-19-6-3-7-20-43)57-38-37-50(51-27-12-13-28-52(51)57)46-22-18-21-44(39-46)45-33-35-56-54-30-15-17-32-59(54)66(61(56)40-45,48-23-8-4-9-24-48)49-25-10-5-11-26-49/h3-15,17-30,32-42H,16,31H2,1-2H3. The molecule has 3 aliphatic carbocycles. The summed E-state index contributed by atoms with van der Waals surface area (Å²) in [4.78, 5) is 10.6. The van der Waals surface area contributed by atoms with E-state index in [1.54, 1.807) is 5.57 Å². The fourth-order valence-electron chi connectivity index (χ4n) is 11.9. The molecule has 0 saturated carbocycles. The smallest absolute Gasteiger partial charge is 0.160 e. The molecule has 0 atom stereocenters. The summed E-state index contributed by atoms with van der Waals surface area (Å²) < 4.78 is 0. The zero-order valence-electron chi connectivity index (χ0n) is 38.2. The molecule has 0 spiro atoms. The topological polar surface area (TPSA) is 25.8 Å². The molecule has 0 aliphatic heterocycles. The largest absolute Gasteiger partial charge is 0.228 e. The number of fused-ring (bicyclic) bond motifs is 6. The summed E-state index contributed by atoms with van der Waals surface area (Å²) in [6.07, 6.45) is 6.87. The summed E-state index contributed by atoms with van der Waals surface area (Å²) in [5, 5.41) is 2.34. The number of hydrogen-bond acceptors (Lipinski definition) is 2. The van der Waals surface area contributed by atoms with E-state index in [9.17, 15) is 0 Å². The third-order valence-electron chi connectivity index (χ3n) is 15.1. The van der Waals surface area contributed by atoms with Crippen LogP contribution in [0.1, 0.15) is 60.1 Å². The van der Waals surface area contributed by atoms with Gasteiger partial charge < -0.3 is 0 Å². The van der Waals surface area contributed by atoms with Gasteiger partial charge in [0.1, 0.15) is 0 Å². The van der Waals surface area contributed by atoms with Gasteiger partial charge in [-0.3, -0.25) is 0 Å². The fraction of sp³-hybridized carbons (Fsp3) is 0.0909. The average Bonchev–Trinajstić information content (AvgIpc) is 3.83. The van der Waals surface area contributed by atoms with Gasteiger partial charge in [0.05, 0.1) is 16.8 Å². The second-order valence-electron chi connectivity index (χ2n) is 19.1. The van der Waals surface area contributed by atoms with Crippen LogP contribution in [0.3, 0.4) is 0 Å². The lowest BCUT2D eigenvalue weighted by atomic mass is 9.67. The van der Waals surface area contributed by atoms with Gasteiger partial charge in [0, 0.05) is 22.1 Å². The SMILES string of the molecule is CC1(C)C2=C(C=CCC2)c2ccc(-c3cc(-c4ccc(-c5cccc(-c6ccc7c(c6)C(c6ccccc6)(c6ccccc6)c6ccccc6-7)c5)c5ccccc45)nc(-c4ccccc4)n3)cc21. The maximum absolute atomic E-state index is 5.34. The molecular weight excluding hydrogens is 821 g/mol. The van der Waals surface area contributed by atoms with Gasteiger partial charge in [-0.1, -0.05) is 226 Å². The molecule has 2 heteroatoms. The van der Waals surface area contributed by atoms with Crippen LogP contribution >= 0.6 is 0 Å². The number of rotatable bonds is 7. The van der Waals surface area contributed by atoms with Gasteiger partial charge >= 0.3 is 0 Å². The lowest BCUT2D eigenvalue weighted by molar-refractivity contribution is 0.607. The van der Waals surface area contributed by atoms with Crippen molar-refractivity contribution < 1.29 is 0 Å². The zero-order chi connectivity index (χ0) is 45.4. The minimum absolute atomic E-state index is 0.0335. The van der Waals surface area contributed by atoms with Crippen LogP contribution in [-0.4, -0.2) is 9.97 Å². The van der Waals surface area contributed by atoms with Crippen molar-refractivity contribution in [3.05, 3.63) is 269 Å². The second-order valence-corrected chi connectivity index (χ2v) is 19.1. The molecule has 0 unspecified atom stereocenters. The maximum Gasteiger partial charge on any atom is 0.160 e. The van der Waals surface area contributed by atoms with Crippen LogP contribution in [-0.2, 0) is 10.8 Å². The molecule has 322 valence electrons. The quantitative estimate of drug-likeness (QED) is 0.159. The van der Waals surface area contributed by atoms with E-state index in [4.69, 9.17) is 9.97 Å². The minimum Gasteiger partial charge on any atom is -0.228 e. The number of nitrogens with zero attached hydrogens (tertiary/aromatic N) is 2. The van der Waals surface area contributed by atoms with Crippen LogP contribution in [0.4, 0.5) is 0 Å². The Morgan fingerprint density at radius 3 is 1.72 bits per heavy atom. The van der Waals surface area contributed by atoms with Gasteiger partial charge in [-0.2, -0.15) is 0 Å². The molecule has 13 rings (SSSR count). The molecule has 0 bridgehead atoms. The van der Waals surface area contributed by atoms with E-state index in [1.807, 2.05) is 6.07 Å². The van der Waals surface area contributed by atoms with Gasteiger partial charge in [-0.05, 0) is 120 Å². The predicted octanol–water partition coefficient (Wildman–Crippen LogP) is 16.7. The van der Waals surface area contributed by atoms with Crippen molar-refractivity contribution in [1.82, 2.24) is 9.97 Å². The molecule has 9 aromatic carbocycles. The molecule has 3 aliphatic rings. The van der Waals surface area contributed by atoms with Crippen molar-refractivity contribution in [2.24, 2.45) is 0 Å². The summed E-state index contributed by atoms with van der Waals surface area (Å²) in [6.45, 7) is 4.77. The molecule has 1 heterocycles. The molecule has 0 N–H and O–H groups in total.